The van der Waals surface area contributed by atoms with Gasteiger partial charge in [-0.3, -0.25) is 0 Å². The molecule has 0 aliphatic heterocycles. The van der Waals surface area contributed by atoms with Gasteiger partial charge in [0.15, 0.2) is 0 Å². The highest BCUT2D eigenvalue weighted by Crippen LogP contribution is 2.30. The van der Waals surface area contributed by atoms with E-state index in [2.05, 4.69) is 41.4 Å². The van der Waals surface area contributed by atoms with Gasteiger partial charge in [-0.15, -0.1) is 0 Å². The van der Waals surface area contributed by atoms with Gasteiger partial charge in [0.25, 0.3) is 0 Å². The van der Waals surface area contributed by atoms with Crippen molar-refractivity contribution in [3.05, 3.63) is 11.8 Å². The Balaban J connectivity index is 1.93. The highest BCUT2D eigenvalue weighted by atomic mass is 15.1. The number of anilines is 2. The number of aryl methyl sites for hydroxylation is 1. The van der Waals surface area contributed by atoms with Crippen molar-refractivity contribution in [2.45, 2.75) is 40.0 Å². The smallest absolute Gasteiger partial charge is 0.224 e. The van der Waals surface area contributed by atoms with Gasteiger partial charge >= 0.3 is 0 Å². The first-order valence-corrected chi connectivity index (χ1v) is 7.00. The summed E-state index contributed by atoms with van der Waals surface area (Å²) >= 11 is 0. The first kappa shape index (κ1) is 13.1. The number of nitrogens with one attached hydrogen (secondary N) is 2. The second kappa shape index (κ2) is 6.03. The molecule has 2 rings (SSSR count). The van der Waals surface area contributed by atoms with E-state index < -0.39 is 0 Å². The molecule has 1 aliphatic carbocycles. The summed E-state index contributed by atoms with van der Waals surface area (Å²) in [5, 5.41) is 6.63. The van der Waals surface area contributed by atoms with Gasteiger partial charge in [0.2, 0.25) is 5.95 Å². The van der Waals surface area contributed by atoms with Crippen LogP contribution in [0.1, 0.15) is 38.7 Å². The van der Waals surface area contributed by atoms with E-state index in [9.17, 15) is 0 Å². The van der Waals surface area contributed by atoms with E-state index in [1.165, 1.54) is 19.3 Å². The molecule has 1 aliphatic rings. The van der Waals surface area contributed by atoms with Crippen LogP contribution in [0.4, 0.5) is 11.8 Å². The predicted octanol–water partition coefficient (Wildman–Crippen LogP) is 3.06. The molecule has 1 heterocycles. The SMILES string of the molecule is CCNc1ncc(C)c(NCC2CCC(C)C2)n1. The average Bonchev–Trinajstić information content (AvgIpc) is 2.76. The van der Waals surface area contributed by atoms with Crippen LogP contribution in [-0.4, -0.2) is 23.1 Å². The van der Waals surface area contributed by atoms with E-state index in [0.29, 0.717) is 5.95 Å². The van der Waals surface area contributed by atoms with Crippen LogP contribution in [0.5, 0.6) is 0 Å². The Morgan fingerprint density at radius 3 is 2.83 bits per heavy atom. The fourth-order valence-corrected chi connectivity index (χ4v) is 2.62. The molecule has 2 N–H and O–H groups in total. The molecule has 100 valence electrons. The minimum atomic E-state index is 0.713. The summed E-state index contributed by atoms with van der Waals surface area (Å²) in [5.41, 5.74) is 1.11. The van der Waals surface area contributed by atoms with E-state index in [1.54, 1.807) is 0 Å². The third kappa shape index (κ3) is 3.34. The van der Waals surface area contributed by atoms with E-state index in [0.717, 1.165) is 36.3 Å². The number of rotatable bonds is 5. The van der Waals surface area contributed by atoms with Gasteiger partial charge in [0.1, 0.15) is 5.82 Å². The molecule has 1 fully saturated rings. The number of hydrogen-bond acceptors (Lipinski definition) is 4. The normalized spacial score (nSPS) is 23.1. The third-order valence-corrected chi connectivity index (χ3v) is 3.67. The standard InChI is InChI=1S/C14H24N4/c1-4-15-14-17-8-11(3)13(18-14)16-9-12-6-5-10(2)7-12/h8,10,12H,4-7,9H2,1-3H3,(H2,15,16,17,18). The van der Waals surface area contributed by atoms with Crippen molar-refractivity contribution >= 4 is 11.8 Å². The topological polar surface area (TPSA) is 49.8 Å². The Kier molecular flexibility index (Phi) is 4.39. The molecular formula is C14H24N4. The monoisotopic (exact) mass is 248 g/mol. The molecule has 0 saturated heterocycles. The van der Waals surface area contributed by atoms with Crippen LogP contribution in [0, 0.1) is 18.8 Å². The van der Waals surface area contributed by atoms with Gasteiger partial charge in [-0.25, -0.2) is 4.98 Å². The van der Waals surface area contributed by atoms with Gasteiger partial charge < -0.3 is 10.6 Å². The lowest BCUT2D eigenvalue weighted by atomic mass is 10.1. The van der Waals surface area contributed by atoms with E-state index in [1.807, 2.05) is 6.20 Å². The summed E-state index contributed by atoms with van der Waals surface area (Å²) < 4.78 is 0. The van der Waals surface area contributed by atoms with Gasteiger partial charge in [-0.1, -0.05) is 13.3 Å². The maximum absolute atomic E-state index is 4.51. The van der Waals surface area contributed by atoms with E-state index >= 15 is 0 Å². The molecule has 0 amide bonds. The Morgan fingerprint density at radius 1 is 1.33 bits per heavy atom. The number of hydrogen-bond donors (Lipinski definition) is 2. The first-order chi connectivity index (χ1) is 8.69. The summed E-state index contributed by atoms with van der Waals surface area (Å²) in [5.74, 6) is 3.38. The molecular weight excluding hydrogens is 224 g/mol. The molecule has 2 unspecified atom stereocenters. The molecule has 1 aromatic heterocycles. The lowest BCUT2D eigenvalue weighted by Gasteiger charge is -2.14. The molecule has 1 saturated carbocycles. The predicted molar refractivity (Wildman–Crippen MR) is 75.9 cm³/mol. The summed E-state index contributed by atoms with van der Waals surface area (Å²) in [6.45, 7) is 8.33. The van der Waals surface area contributed by atoms with Crippen molar-refractivity contribution in [1.82, 2.24) is 9.97 Å². The zero-order valence-electron chi connectivity index (χ0n) is 11.7. The first-order valence-electron chi connectivity index (χ1n) is 7.00. The lowest BCUT2D eigenvalue weighted by Crippen LogP contribution is -2.14. The molecule has 0 aromatic carbocycles. The maximum Gasteiger partial charge on any atom is 0.224 e. The van der Waals surface area contributed by atoms with Crippen LogP contribution in [0.25, 0.3) is 0 Å². The second-order valence-corrected chi connectivity index (χ2v) is 5.42. The molecule has 18 heavy (non-hydrogen) atoms. The molecule has 0 radical (unpaired) electrons. The molecule has 4 nitrogen and oxygen atoms in total. The number of nitrogens with zero attached hydrogens (tertiary/aromatic N) is 2. The zero-order chi connectivity index (χ0) is 13.0. The van der Waals surface area contributed by atoms with Crippen LogP contribution < -0.4 is 10.6 Å². The van der Waals surface area contributed by atoms with Crippen molar-refractivity contribution < 1.29 is 0 Å². The fourth-order valence-electron chi connectivity index (χ4n) is 2.62. The molecule has 0 bridgehead atoms. The highest BCUT2D eigenvalue weighted by molar-refractivity contribution is 5.46. The third-order valence-electron chi connectivity index (χ3n) is 3.67. The van der Waals surface area contributed by atoms with Crippen molar-refractivity contribution in [3.63, 3.8) is 0 Å². The van der Waals surface area contributed by atoms with Crippen molar-refractivity contribution in [3.8, 4) is 0 Å². The van der Waals surface area contributed by atoms with Crippen LogP contribution in [0.3, 0.4) is 0 Å². The molecule has 0 spiro atoms. The van der Waals surface area contributed by atoms with Gasteiger partial charge in [-0.05, 0) is 38.5 Å². The molecule has 4 heteroatoms. The zero-order valence-corrected chi connectivity index (χ0v) is 11.7. The van der Waals surface area contributed by atoms with Gasteiger partial charge in [0, 0.05) is 24.8 Å². The Hall–Kier alpha value is -1.32. The average molecular weight is 248 g/mol. The van der Waals surface area contributed by atoms with Crippen molar-refractivity contribution in [2.75, 3.05) is 23.7 Å². The number of aromatic nitrogens is 2. The Labute approximate surface area is 110 Å². The summed E-state index contributed by atoms with van der Waals surface area (Å²) in [4.78, 5) is 8.77. The quantitative estimate of drug-likeness (QED) is 0.841. The summed E-state index contributed by atoms with van der Waals surface area (Å²) in [6, 6.07) is 0. The van der Waals surface area contributed by atoms with E-state index in [-0.39, 0.29) is 0 Å². The van der Waals surface area contributed by atoms with Crippen LogP contribution >= 0.6 is 0 Å². The summed E-state index contributed by atoms with van der Waals surface area (Å²) in [7, 11) is 0. The minimum absolute atomic E-state index is 0.713. The van der Waals surface area contributed by atoms with Crippen molar-refractivity contribution in [1.29, 1.82) is 0 Å². The minimum Gasteiger partial charge on any atom is -0.369 e. The van der Waals surface area contributed by atoms with Gasteiger partial charge in [-0.2, -0.15) is 4.98 Å². The lowest BCUT2D eigenvalue weighted by molar-refractivity contribution is 0.536. The largest absolute Gasteiger partial charge is 0.369 e. The Bertz CT molecular complexity index is 391. The van der Waals surface area contributed by atoms with Crippen LogP contribution in [-0.2, 0) is 0 Å². The maximum atomic E-state index is 4.51. The molecule has 1 aromatic rings. The molecule has 2 atom stereocenters. The fraction of sp³-hybridized carbons (Fsp3) is 0.714. The van der Waals surface area contributed by atoms with Gasteiger partial charge in [0.05, 0.1) is 0 Å². The van der Waals surface area contributed by atoms with Crippen LogP contribution in [0.15, 0.2) is 6.20 Å². The van der Waals surface area contributed by atoms with Crippen LogP contribution in [0.2, 0.25) is 0 Å². The highest BCUT2D eigenvalue weighted by Gasteiger charge is 2.21. The Morgan fingerprint density at radius 2 is 2.17 bits per heavy atom. The summed E-state index contributed by atoms with van der Waals surface area (Å²) in [6.07, 6.45) is 5.94. The van der Waals surface area contributed by atoms with E-state index in [4.69, 9.17) is 0 Å². The second-order valence-electron chi connectivity index (χ2n) is 5.42. The van der Waals surface area contributed by atoms with Crippen molar-refractivity contribution in [2.24, 2.45) is 11.8 Å².